The van der Waals surface area contributed by atoms with Gasteiger partial charge in [-0.05, 0) is 36.4 Å². The van der Waals surface area contributed by atoms with Crippen LogP contribution in [0.25, 0.3) is 0 Å². The Morgan fingerprint density at radius 1 is 1.26 bits per heavy atom. The normalized spacial score (nSPS) is 12.2. The fraction of sp³-hybridized carbons (Fsp3) is 0.214. The van der Waals surface area contributed by atoms with E-state index >= 15 is 0 Å². The van der Waals surface area contributed by atoms with Crippen molar-refractivity contribution < 1.29 is 9.13 Å². The third kappa shape index (κ3) is 3.03. The molecule has 0 bridgehead atoms. The monoisotopic (exact) mass is 280 g/mol. The van der Waals surface area contributed by atoms with Gasteiger partial charge in [0.05, 0.1) is 24.4 Å². The van der Waals surface area contributed by atoms with Gasteiger partial charge in [0.1, 0.15) is 11.6 Å². The lowest BCUT2D eigenvalue weighted by Gasteiger charge is -2.17. The van der Waals surface area contributed by atoms with E-state index in [-0.39, 0.29) is 11.1 Å². The minimum absolute atomic E-state index is 0.113. The number of ether oxygens (including phenoxy) is 1. The maximum absolute atomic E-state index is 13.5. The summed E-state index contributed by atoms with van der Waals surface area (Å²) in [4.78, 5) is 4.10. The average Bonchev–Trinajstić information content (AvgIpc) is 2.44. The molecule has 0 radical (unpaired) electrons. The first-order valence-electron chi connectivity index (χ1n) is 5.77. The van der Waals surface area contributed by atoms with Gasteiger partial charge in [-0.15, -0.1) is 0 Å². The van der Waals surface area contributed by atoms with Gasteiger partial charge in [0, 0.05) is 6.20 Å². The molecule has 1 atom stereocenters. The molecule has 0 saturated carbocycles. The summed E-state index contributed by atoms with van der Waals surface area (Å²) in [6.07, 6.45) is 3.34. The maximum atomic E-state index is 13.5. The lowest BCUT2D eigenvalue weighted by molar-refractivity contribution is 0.411. The molecule has 1 aromatic carbocycles. The highest BCUT2D eigenvalue weighted by Gasteiger charge is 2.14. The van der Waals surface area contributed by atoms with E-state index in [4.69, 9.17) is 16.3 Å². The number of nitrogens with one attached hydrogen (secondary N) is 1. The molecule has 1 unspecified atom stereocenters. The van der Waals surface area contributed by atoms with Crippen LogP contribution in [0, 0.1) is 5.82 Å². The van der Waals surface area contributed by atoms with Crippen LogP contribution in [0.5, 0.6) is 5.75 Å². The smallest absolute Gasteiger partial charge is 0.142 e. The van der Waals surface area contributed by atoms with Gasteiger partial charge in [0.25, 0.3) is 0 Å². The van der Waals surface area contributed by atoms with Gasteiger partial charge in [0.15, 0.2) is 0 Å². The van der Waals surface area contributed by atoms with E-state index < -0.39 is 5.82 Å². The molecule has 2 rings (SSSR count). The second-order valence-electron chi connectivity index (χ2n) is 4.05. The Morgan fingerprint density at radius 2 is 2.05 bits per heavy atom. The zero-order chi connectivity index (χ0) is 13.8. The second kappa shape index (κ2) is 5.99. The molecule has 0 spiro atoms. The molecule has 0 aliphatic carbocycles. The van der Waals surface area contributed by atoms with Crippen LogP contribution in [0.4, 0.5) is 4.39 Å². The zero-order valence-corrected chi connectivity index (χ0v) is 11.4. The first-order chi connectivity index (χ1) is 9.15. The summed E-state index contributed by atoms with van der Waals surface area (Å²) in [5, 5.41) is 3.24. The van der Waals surface area contributed by atoms with Gasteiger partial charge in [-0.25, -0.2) is 4.39 Å². The Kier molecular flexibility index (Phi) is 4.35. The Bertz CT molecular complexity index is 577. The second-order valence-corrected chi connectivity index (χ2v) is 4.46. The summed E-state index contributed by atoms with van der Waals surface area (Å²) >= 11 is 5.69. The number of pyridine rings is 1. The van der Waals surface area contributed by atoms with Crippen molar-refractivity contribution in [3.05, 3.63) is 58.6 Å². The van der Waals surface area contributed by atoms with E-state index in [1.54, 1.807) is 38.7 Å². The molecule has 0 saturated heterocycles. The fourth-order valence-electron chi connectivity index (χ4n) is 1.92. The number of hydrogen-bond acceptors (Lipinski definition) is 3. The Morgan fingerprint density at radius 3 is 2.68 bits per heavy atom. The molecule has 1 heterocycles. The Balaban J connectivity index is 2.40. The van der Waals surface area contributed by atoms with Crippen molar-refractivity contribution in [2.45, 2.75) is 6.04 Å². The molecule has 19 heavy (non-hydrogen) atoms. The van der Waals surface area contributed by atoms with Crippen molar-refractivity contribution >= 4 is 11.6 Å². The van der Waals surface area contributed by atoms with Crippen LogP contribution in [0.1, 0.15) is 17.2 Å². The van der Waals surface area contributed by atoms with Crippen molar-refractivity contribution in [3.8, 4) is 5.75 Å². The summed E-state index contributed by atoms with van der Waals surface area (Å²) in [7, 11) is 3.38. The van der Waals surface area contributed by atoms with Crippen molar-refractivity contribution in [3.63, 3.8) is 0 Å². The van der Waals surface area contributed by atoms with E-state index in [9.17, 15) is 4.39 Å². The minimum atomic E-state index is -0.435. The largest absolute Gasteiger partial charge is 0.495 e. The van der Waals surface area contributed by atoms with Crippen LogP contribution >= 0.6 is 11.6 Å². The molecule has 0 fully saturated rings. The molecule has 1 aromatic heterocycles. The van der Waals surface area contributed by atoms with Crippen LogP contribution in [-0.4, -0.2) is 19.1 Å². The van der Waals surface area contributed by atoms with E-state index in [1.165, 1.54) is 6.07 Å². The number of aromatic nitrogens is 1. The first kappa shape index (κ1) is 13.8. The van der Waals surface area contributed by atoms with Crippen LogP contribution < -0.4 is 10.1 Å². The van der Waals surface area contributed by atoms with Gasteiger partial charge in [-0.3, -0.25) is 4.98 Å². The molecular formula is C14H14ClFN2O. The fourth-order valence-corrected chi connectivity index (χ4v) is 2.04. The van der Waals surface area contributed by atoms with E-state index in [2.05, 4.69) is 10.3 Å². The van der Waals surface area contributed by atoms with Gasteiger partial charge in [-0.1, -0.05) is 17.7 Å². The molecule has 1 N–H and O–H groups in total. The molecule has 0 aliphatic heterocycles. The molecule has 100 valence electrons. The number of hydrogen-bond donors (Lipinski definition) is 1. The van der Waals surface area contributed by atoms with E-state index in [0.29, 0.717) is 5.75 Å². The molecular weight excluding hydrogens is 267 g/mol. The number of nitrogens with zero attached hydrogens (tertiary/aromatic N) is 1. The quantitative estimate of drug-likeness (QED) is 0.934. The Hall–Kier alpha value is -1.65. The van der Waals surface area contributed by atoms with Gasteiger partial charge >= 0.3 is 0 Å². The van der Waals surface area contributed by atoms with Crippen molar-refractivity contribution in [1.29, 1.82) is 0 Å². The summed E-state index contributed by atoms with van der Waals surface area (Å²) in [6.45, 7) is 0. The van der Waals surface area contributed by atoms with Crippen molar-refractivity contribution in [1.82, 2.24) is 10.3 Å². The summed E-state index contributed by atoms with van der Waals surface area (Å²) in [5.41, 5.74) is 1.67. The van der Waals surface area contributed by atoms with Crippen molar-refractivity contribution in [2.24, 2.45) is 0 Å². The number of benzene rings is 1. The van der Waals surface area contributed by atoms with Crippen LogP contribution in [0.2, 0.25) is 5.02 Å². The molecule has 0 amide bonds. The molecule has 5 heteroatoms. The van der Waals surface area contributed by atoms with Crippen LogP contribution in [0.15, 0.2) is 36.7 Å². The van der Waals surface area contributed by atoms with Gasteiger partial charge in [-0.2, -0.15) is 0 Å². The van der Waals surface area contributed by atoms with E-state index in [0.717, 1.165) is 11.1 Å². The zero-order valence-electron chi connectivity index (χ0n) is 10.7. The van der Waals surface area contributed by atoms with Crippen LogP contribution in [-0.2, 0) is 0 Å². The number of halogens is 2. The third-order valence-corrected chi connectivity index (χ3v) is 3.18. The third-order valence-electron chi connectivity index (χ3n) is 2.87. The number of methoxy groups -OCH3 is 1. The van der Waals surface area contributed by atoms with Crippen LogP contribution in [0.3, 0.4) is 0 Å². The number of rotatable bonds is 4. The molecule has 0 aliphatic rings. The standard InChI is InChI=1S/C14H14ClFN2O/c1-17-14(9-3-4-12(15)13(16)6-9)10-5-11(19-2)8-18-7-10/h3-8,14,17H,1-2H3. The lowest BCUT2D eigenvalue weighted by Crippen LogP contribution is -2.18. The first-order valence-corrected chi connectivity index (χ1v) is 6.14. The van der Waals surface area contributed by atoms with Crippen molar-refractivity contribution in [2.75, 3.05) is 14.2 Å². The van der Waals surface area contributed by atoms with Gasteiger partial charge in [0.2, 0.25) is 0 Å². The Labute approximate surface area is 116 Å². The SMILES string of the molecule is CNC(c1cncc(OC)c1)c1ccc(Cl)c(F)c1. The summed E-state index contributed by atoms with van der Waals surface area (Å²) in [6, 6.07) is 6.44. The topological polar surface area (TPSA) is 34.2 Å². The molecule has 3 nitrogen and oxygen atoms in total. The predicted octanol–water partition coefficient (Wildman–Crippen LogP) is 3.19. The van der Waals surface area contributed by atoms with E-state index in [1.807, 2.05) is 6.07 Å². The summed E-state index contributed by atoms with van der Waals surface area (Å²) in [5.74, 6) is 0.224. The minimum Gasteiger partial charge on any atom is -0.495 e. The molecule has 2 aromatic rings. The maximum Gasteiger partial charge on any atom is 0.142 e. The predicted molar refractivity (Wildman–Crippen MR) is 73.1 cm³/mol. The highest BCUT2D eigenvalue weighted by molar-refractivity contribution is 6.30. The summed E-state index contributed by atoms with van der Waals surface area (Å²) < 4.78 is 18.7. The highest BCUT2D eigenvalue weighted by atomic mass is 35.5. The highest BCUT2D eigenvalue weighted by Crippen LogP contribution is 2.26. The lowest BCUT2D eigenvalue weighted by atomic mass is 10.00. The average molecular weight is 281 g/mol. The van der Waals surface area contributed by atoms with Gasteiger partial charge < -0.3 is 10.1 Å².